The van der Waals surface area contributed by atoms with Crippen LogP contribution in [0.25, 0.3) is 10.2 Å². The highest BCUT2D eigenvalue weighted by Crippen LogP contribution is 2.33. The molecule has 0 aliphatic heterocycles. The number of benzene rings is 1. The molecule has 2 aromatic heterocycles. The van der Waals surface area contributed by atoms with Crippen molar-refractivity contribution in [3.05, 3.63) is 57.0 Å². The number of aryl methyl sites for hydroxylation is 2. The summed E-state index contributed by atoms with van der Waals surface area (Å²) in [7, 11) is 0. The Morgan fingerprint density at radius 1 is 1.30 bits per heavy atom. The SMILES string of the molecule is O=C(Cn1cnc2sc3c(c2c1=O)CCCC3)N/N=C\c1ccc(O)cc1. The van der Waals surface area contributed by atoms with Gasteiger partial charge in [0.2, 0.25) is 0 Å². The van der Waals surface area contributed by atoms with Crippen LogP contribution < -0.4 is 11.0 Å². The summed E-state index contributed by atoms with van der Waals surface area (Å²) in [5.74, 6) is -0.244. The molecule has 0 atom stereocenters. The summed E-state index contributed by atoms with van der Waals surface area (Å²) in [6.07, 6.45) is 7.03. The maximum Gasteiger partial charge on any atom is 0.262 e. The molecule has 7 nitrogen and oxygen atoms in total. The molecule has 3 aromatic rings. The summed E-state index contributed by atoms with van der Waals surface area (Å²) in [6.45, 7) is -0.140. The molecule has 1 amide bonds. The molecule has 0 bridgehead atoms. The zero-order chi connectivity index (χ0) is 18.8. The Kier molecular flexibility index (Phi) is 4.72. The van der Waals surface area contributed by atoms with Crippen molar-refractivity contribution in [2.75, 3.05) is 0 Å². The number of carbonyl (C=O) groups is 1. The second-order valence-corrected chi connectivity index (χ2v) is 7.54. The third-order valence-electron chi connectivity index (χ3n) is 4.55. The summed E-state index contributed by atoms with van der Waals surface area (Å²) < 4.78 is 1.33. The highest BCUT2D eigenvalue weighted by molar-refractivity contribution is 7.18. The molecule has 4 rings (SSSR count). The molecule has 0 saturated heterocycles. The number of fused-ring (bicyclic) bond motifs is 3. The molecule has 0 unspecified atom stereocenters. The van der Waals surface area contributed by atoms with E-state index in [0.29, 0.717) is 5.39 Å². The van der Waals surface area contributed by atoms with E-state index in [9.17, 15) is 14.7 Å². The van der Waals surface area contributed by atoms with Crippen LogP contribution in [-0.4, -0.2) is 26.8 Å². The van der Waals surface area contributed by atoms with Gasteiger partial charge in [0.05, 0.1) is 17.9 Å². The monoisotopic (exact) mass is 382 g/mol. The zero-order valence-corrected chi connectivity index (χ0v) is 15.3. The van der Waals surface area contributed by atoms with Crippen LogP contribution in [0, 0.1) is 0 Å². The Bertz CT molecular complexity index is 1080. The Morgan fingerprint density at radius 2 is 2.07 bits per heavy atom. The van der Waals surface area contributed by atoms with Crippen LogP contribution in [0.3, 0.4) is 0 Å². The molecule has 1 aromatic carbocycles. The normalized spacial score (nSPS) is 13.8. The number of nitrogens with zero attached hydrogens (tertiary/aromatic N) is 3. The molecule has 27 heavy (non-hydrogen) atoms. The average Bonchev–Trinajstić information content (AvgIpc) is 3.05. The van der Waals surface area contributed by atoms with Crippen molar-refractivity contribution in [1.29, 1.82) is 0 Å². The lowest BCUT2D eigenvalue weighted by molar-refractivity contribution is -0.121. The van der Waals surface area contributed by atoms with E-state index >= 15 is 0 Å². The fraction of sp³-hybridized carbons (Fsp3) is 0.263. The predicted molar refractivity (Wildman–Crippen MR) is 104 cm³/mol. The van der Waals surface area contributed by atoms with Crippen LogP contribution in [-0.2, 0) is 24.2 Å². The van der Waals surface area contributed by atoms with E-state index < -0.39 is 5.91 Å². The summed E-state index contributed by atoms with van der Waals surface area (Å²) >= 11 is 1.59. The van der Waals surface area contributed by atoms with Crippen molar-refractivity contribution in [2.45, 2.75) is 32.2 Å². The van der Waals surface area contributed by atoms with E-state index in [0.717, 1.165) is 41.6 Å². The van der Waals surface area contributed by atoms with Gasteiger partial charge < -0.3 is 5.11 Å². The highest BCUT2D eigenvalue weighted by Gasteiger charge is 2.20. The van der Waals surface area contributed by atoms with Crippen molar-refractivity contribution in [1.82, 2.24) is 15.0 Å². The maximum absolute atomic E-state index is 12.8. The minimum atomic E-state index is -0.405. The lowest BCUT2D eigenvalue weighted by Gasteiger charge is -2.10. The van der Waals surface area contributed by atoms with Crippen molar-refractivity contribution in [3.63, 3.8) is 0 Å². The number of amides is 1. The van der Waals surface area contributed by atoms with Gasteiger partial charge in [-0.25, -0.2) is 10.4 Å². The molecular formula is C19H18N4O3S. The number of phenols is 1. The lowest BCUT2D eigenvalue weighted by Crippen LogP contribution is -2.30. The predicted octanol–water partition coefficient (Wildman–Crippen LogP) is 2.19. The average molecular weight is 382 g/mol. The number of thiophene rings is 1. The van der Waals surface area contributed by atoms with Gasteiger partial charge in [0.1, 0.15) is 17.1 Å². The van der Waals surface area contributed by atoms with Crippen LogP contribution in [0.1, 0.15) is 28.8 Å². The summed E-state index contributed by atoms with van der Waals surface area (Å²) in [5.41, 5.74) is 4.08. The Balaban J connectivity index is 1.49. The van der Waals surface area contributed by atoms with Crippen LogP contribution >= 0.6 is 11.3 Å². The first-order valence-corrected chi connectivity index (χ1v) is 9.54. The first-order chi connectivity index (χ1) is 13.1. The molecule has 1 aliphatic carbocycles. The molecule has 2 N–H and O–H groups in total. The number of carbonyl (C=O) groups excluding carboxylic acids is 1. The Morgan fingerprint density at radius 3 is 2.89 bits per heavy atom. The number of aromatic hydroxyl groups is 1. The summed E-state index contributed by atoms with van der Waals surface area (Å²) in [4.78, 5) is 31.3. The van der Waals surface area contributed by atoms with E-state index in [1.807, 2.05) is 0 Å². The largest absolute Gasteiger partial charge is 0.508 e. The smallest absolute Gasteiger partial charge is 0.262 e. The standard InChI is InChI=1S/C19H18N4O3S/c24-13-7-5-12(6-8-13)9-21-22-16(25)10-23-11-20-18-17(19(23)26)14-3-1-2-4-15(14)27-18/h5-9,11,24H,1-4,10H2,(H,22,25)/b21-9-. The number of nitrogens with one attached hydrogen (secondary N) is 1. The molecule has 0 radical (unpaired) electrons. The van der Waals surface area contributed by atoms with E-state index in [2.05, 4.69) is 15.5 Å². The van der Waals surface area contributed by atoms with Gasteiger partial charge in [0.15, 0.2) is 0 Å². The number of phenolic OH excluding ortho intramolecular Hbond substituents is 1. The molecule has 0 fully saturated rings. The molecule has 8 heteroatoms. The Labute approximate surface area is 159 Å². The molecule has 1 aliphatic rings. The van der Waals surface area contributed by atoms with Gasteiger partial charge in [0, 0.05) is 4.88 Å². The van der Waals surface area contributed by atoms with Crippen molar-refractivity contribution < 1.29 is 9.90 Å². The Hall–Kier alpha value is -3.00. The molecule has 2 heterocycles. The second-order valence-electron chi connectivity index (χ2n) is 6.45. The van der Waals surface area contributed by atoms with Gasteiger partial charge >= 0.3 is 0 Å². The van der Waals surface area contributed by atoms with Gasteiger partial charge in [-0.05, 0) is 61.1 Å². The fourth-order valence-electron chi connectivity index (χ4n) is 3.22. The summed E-state index contributed by atoms with van der Waals surface area (Å²) in [6, 6.07) is 6.41. The van der Waals surface area contributed by atoms with E-state index in [1.54, 1.807) is 23.5 Å². The van der Waals surface area contributed by atoms with Crippen LogP contribution in [0.4, 0.5) is 0 Å². The first-order valence-electron chi connectivity index (χ1n) is 8.72. The number of hydrazone groups is 1. The zero-order valence-electron chi connectivity index (χ0n) is 14.5. The van der Waals surface area contributed by atoms with Crippen molar-refractivity contribution in [3.8, 4) is 5.75 Å². The maximum atomic E-state index is 12.8. The molecule has 138 valence electrons. The van der Waals surface area contributed by atoms with Crippen LogP contribution in [0.5, 0.6) is 5.75 Å². The van der Waals surface area contributed by atoms with Crippen LogP contribution in [0.2, 0.25) is 0 Å². The van der Waals surface area contributed by atoms with Gasteiger partial charge in [-0.2, -0.15) is 5.10 Å². The van der Waals surface area contributed by atoms with E-state index in [4.69, 9.17) is 0 Å². The fourth-order valence-corrected chi connectivity index (χ4v) is 4.44. The molecule has 0 saturated carbocycles. The van der Waals surface area contributed by atoms with E-state index in [-0.39, 0.29) is 17.9 Å². The van der Waals surface area contributed by atoms with Gasteiger partial charge in [-0.3, -0.25) is 14.2 Å². The molecular weight excluding hydrogens is 364 g/mol. The number of rotatable bonds is 4. The highest BCUT2D eigenvalue weighted by atomic mass is 32.1. The third-order valence-corrected chi connectivity index (χ3v) is 5.75. The first kappa shape index (κ1) is 17.4. The third kappa shape index (κ3) is 3.61. The lowest BCUT2D eigenvalue weighted by atomic mass is 9.97. The van der Waals surface area contributed by atoms with Gasteiger partial charge in [-0.15, -0.1) is 11.3 Å². The van der Waals surface area contributed by atoms with Gasteiger partial charge in [-0.1, -0.05) is 0 Å². The minimum Gasteiger partial charge on any atom is -0.508 e. The topological polar surface area (TPSA) is 96.6 Å². The summed E-state index contributed by atoms with van der Waals surface area (Å²) in [5, 5.41) is 13.8. The molecule has 0 spiro atoms. The van der Waals surface area contributed by atoms with Crippen molar-refractivity contribution in [2.24, 2.45) is 5.10 Å². The van der Waals surface area contributed by atoms with Crippen LogP contribution in [0.15, 0.2) is 40.5 Å². The number of aromatic nitrogens is 2. The van der Waals surface area contributed by atoms with Gasteiger partial charge in [0.25, 0.3) is 11.5 Å². The number of hydrogen-bond acceptors (Lipinski definition) is 6. The minimum absolute atomic E-state index is 0.140. The second kappa shape index (κ2) is 7.32. The number of hydrogen-bond donors (Lipinski definition) is 2. The quantitative estimate of drug-likeness (QED) is 0.534. The van der Waals surface area contributed by atoms with E-state index in [1.165, 1.54) is 34.1 Å². The van der Waals surface area contributed by atoms with Crippen molar-refractivity contribution >= 4 is 33.7 Å².